The molecule has 4 rings (SSSR count). The van der Waals surface area contributed by atoms with Gasteiger partial charge in [0.1, 0.15) is 5.75 Å². The van der Waals surface area contributed by atoms with Crippen molar-refractivity contribution in [3.8, 4) is 5.75 Å². The zero-order valence-electron chi connectivity index (χ0n) is 39.2. The van der Waals surface area contributed by atoms with Crippen molar-refractivity contribution in [2.24, 2.45) is 0 Å². The van der Waals surface area contributed by atoms with E-state index >= 15 is 0 Å². The summed E-state index contributed by atoms with van der Waals surface area (Å²) in [7, 11) is 0. The lowest BCUT2D eigenvalue weighted by molar-refractivity contribution is 0.423. The maximum atomic E-state index is 11.6. The van der Waals surface area contributed by atoms with Gasteiger partial charge in [0.2, 0.25) is 0 Å². The quantitative estimate of drug-likeness (QED) is 0.200. The molecular weight excluding hydrogens is 665 g/mol. The van der Waals surface area contributed by atoms with E-state index in [0.29, 0.717) is 11.7 Å². The van der Waals surface area contributed by atoms with Crippen LogP contribution in [0.5, 0.6) is 5.75 Å². The number of phenolic OH excluding ortho intramolecular Hbond substituents is 1. The van der Waals surface area contributed by atoms with Crippen molar-refractivity contribution in [3.63, 3.8) is 0 Å². The highest BCUT2D eigenvalue weighted by molar-refractivity contribution is 5.58. The molecule has 0 bridgehead atoms. The fourth-order valence-electron chi connectivity index (χ4n) is 8.76. The summed E-state index contributed by atoms with van der Waals surface area (Å²) >= 11 is 0. The van der Waals surface area contributed by atoms with Gasteiger partial charge in [-0.1, -0.05) is 160 Å². The van der Waals surface area contributed by atoms with E-state index in [-0.39, 0.29) is 27.1 Å². The SMILES string of the molecule is Cc1c(C(C)(C)C)cc(Cc2c(C)c(Cc3cc(C(C)C)cc(C(C)(C)C)c3)c(C)c(Cc3cc(C(C)(C)C)c(O)c(C(C)(C)C)c3)c2C)cc1C(C)(C)C. The van der Waals surface area contributed by atoms with E-state index in [1.165, 1.54) is 77.9 Å². The topological polar surface area (TPSA) is 20.2 Å². The van der Waals surface area contributed by atoms with Gasteiger partial charge in [0.25, 0.3) is 0 Å². The van der Waals surface area contributed by atoms with Gasteiger partial charge >= 0.3 is 0 Å². The second kappa shape index (κ2) is 15.2. The van der Waals surface area contributed by atoms with Gasteiger partial charge in [-0.2, -0.15) is 0 Å². The molecular formula is C54H78O. The Hall–Kier alpha value is -3.32. The molecule has 55 heavy (non-hydrogen) atoms. The zero-order chi connectivity index (χ0) is 42.0. The first-order valence-electron chi connectivity index (χ1n) is 21.1. The van der Waals surface area contributed by atoms with Crippen molar-refractivity contribution in [1.29, 1.82) is 0 Å². The summed E-state index contributed by atoms with van der Waals surface area (Å²) in [5.41, 5.74) is 21.7. The molecule has 0 amide bonds. The average Bonchev–Trinajstić information content (AvgIpc) is 3.01. The van der Waals surface area contributed by atoms with Crippen LogP contribution in [0, 0.1) is 27.7 Å². The summed E-state index contributed by atoms with van der Waals surface area (Å²) in [6.07, 6.45) is 2.64. The van der Waals surface area contributed by atoms with Crippen molar-refractivity contribution < 1.29 is 5.11 Å². The molecule has 0 aliphatic heterocycles. The van der Waals surface area contributed by atoms with E-state index in [1.807, 2.05) is 0 Å². The molecule has 4 aromatic carbocycles. The van der Waals surface area contributed by atoms with Crippen molar-refractivity contribution >= 4 is 0 Å². The third-order valence-electron chi connectivity index (χ3n) is 12.3. The van der Waals surface area contributed by atoms with Crippen LogP contribution in [0.3, 0.4) is 0 Å². The molecule has 1 N–H and O–H groups in total. The largest absolute Gasteiger partial charge is 0.507 e. The Morgan fingerprint density at radius 3 is 1.00 bits per heavy atom. The number of rotatable bonds is 7. The lowest BCUT2D eigenvalue weighted by atomic mass is 9.74. The van der Waals surface area contributed by atoms with Crippen LogP contribution < -0.4 is 0 Å². The summed E-state index contributed by atoms with van der Waals surface area (Å²) < 4.78 is 0. The minimum atomic E-state index is -0.180. The Labute approximate surface area is 338 Å². The molecule has 0 atom stereocenters. The molecule has 0 saturated carbocycles. The fraction of sp³-hybridized carbons (Fsp3) is 0.556. The van der Waals surface area contributed by atoms with Gasteiger partial charge in [0, 0.05) is 0 Å². The summed E-state index contributed by atoms with van der Waals surface area (Å²) in [6.45, 7) is 48.6. The van der Waals surface area contributed by atoms with Gasteiger partial charge in [0.05, 0.1) is 0 Å². The van der Waals surface area contributed by atoms with Gasteiger partial charge in [-0.15, -0.1) is 0 Å². The van der Waals surface area contributed by atoms with Crippen LogP contribution in [0.2, 0.25) is 0 Å². The maximum absolute atomic E-state index is 11.6. The molecule has 300 valence electrons. The van der Waals surface area contributed by atoms with Crippen molar-refractivity contribution in [1.82, 2.24) is 0 Å². The van der Waals surface area contributed by atoms with Crippen LogP contribution in [-0.4, -0.2) is 5.11 Å². The smallest absolute Gasteiger partial charge is 0.123 e. The van der Waals surface area contributed by atoms with Gasteiger partial charge in [-0.3, -0.25) is 0 Å². The van der Waals surface area contributed by atoms with Crippen LogP contribution in [0.15, 0.2) is 42.5 Å². The second-order valence-corrected chi connectivity index (χ2v) is 22.6. The Balaban J connectivity index is 2.07. The summed E-state index contributed by atoms with van der Waals surface area (Å²) in [5.74, 6) is 0.914. The van der Waals surface area contributed by atoms with E-state index < -0.39 is 0 Å². The molecule has 0 aliphatic carbocycles. The zero-order valence-corrected chi connectivity index (χ0v) is 39.2. The highest BCUT2D eigenvalue weighted by Crippen LogP contribution is 2.42. The molecule has 0 heterocycles. The minimum Gasteiger partial charge on any atom is -0.507 e. The number of aromatic hydroxyl groups is 1. The number of phenols is 1. The number of hydrogen-bond donors (Lipinski definition) is 1. The monoisotopic (exact) mass is 743 g/mol. The Morgan fingerprint density at radius 2 is 0.709 bits per heavy atom. The normalized spacial score (nSPS) is 13.3. The molecule has 0 unspecified atom stereocenters. The van der Waals surface area contributed by atoms with Crippen LogP contribution in [0.25, 0.3) is 0 Å². The molecule has 0 spiro atoms. The van der Waals surface area contributed by atoms with Crippen LogP contribution >= 0.6 is 0 Å². The van der Waals surface area contributed by atoms with Crippen LogP contribution in [0.1, 0.15) is 213 Å². The molecule has 4 aromatic rings. The van der Waals surface area contributed by atoms with Crippen LogP contribution in [0.4, 0.5) is 0 Å². The van der Waals surface area contributed by atoms with E-state index in [2.05, 4.69) is 188 Å². The first-order chi connectivity index (χ1) is 24.8. The Kier molecular flexibility index (Phi) is 12.3. The standard InChI is InChI=1S/C54H78O/c1-32(2)40-22-37(23-41(31-40)50(7,8)9)24-42-33(3)43(25-38-27-45(51(10,11)12)36(6)46(28-38)52(13,14)15)35(5)44(34(42)4)26-39-29-47(53(16,17)18)49(55)48(30-39)54(19,20)21/h22-23,27-32,55H,24-26H2,1-21H3. The maximum Gasteiger partial charge on any atom is 0.123 e. The van der Waals surface area contributed by atoms with Gasteiger partial charge in [0.15, 0.2) is 0 Å². The molecule has 0 radical (unpaired) electrons. The first-order valence-corrected chi connectivity index (χ1v) is 21.1. The van der Waals surface area contributed by atoms with E-state index in [4.69, 9.17) is 0 Å². The van der Waals surface area contributed by atoms with Crippen molar-refractivity contribution in [2.75, 3.05) is 0 Å². The summed E-state index contributed by atoms with van der Waals surface area (Å²) in [5, 5.41) is 11.6. The lowest BCUT2D eigenvalue weighted by Crippen LogP contribution is -2.20. The highest BCUT2D eigenvalue weighted by atomic mass is 16.3. The fourth-order valence-corrected chi connectivity index (χ4v) is 8.76. The van der Waals surface area contributed by atoms with Gasteiger partial charge < -0.3 is 5.11 Å². The summed E-state index contributed by atoms with van der Waals surface area (Å²) in [4.78, 5) is 0. The van der Waals surface area contributed by atoms with Crippen molar-refractivity contribution in [2.45, 2.75) is 198 Å². The highest BCUT2D eigenvalue weighted by Gasteiger charge is 2.29. The lowest BCUT2D eigenvalue weighted by Gasteiger charge is -2.30. The third-order valence-corrected chi connectivity index (χ3v) is 12.3. The van der Waals surface area contributed by atoms with Gasteiger partial charge in [-0.05, 0) is 169 Å². The number of benzene rings is 4. The predicted octanol–water partition coefficient (Wildman–Crippen LogP) is 15.0. The molecule has 1 nitrogen and oxygen atoms in total. The predicted molar refractivity (Wildman–Crippen MR) is 242 cm³/mol. The molecule has 0 fully saturated rings. The van der Waals surface area contributed by atoms with E-state index in [0.717, 1.165) is 30.4 Å². The van der Waals surface area contributed by atoms with Gasteiger partial charge in [-0.25, -0.2) is 0 Å². The molecule has 0 saturated heterocycles. The molecule has 0 aromatic heterocycles. The van der Waals surface area contributed by atoms with Crippen LogP contribution in [-0.2, 0) is 46.3 Å². The second-order valence-electron chi connectivity index (χ2n) is 22.6. The Bertz CT molecular complexity index is 1860. The Morgan fingerprint density at radius 1 is 0.400 bits per heavy atom. The summed E-state index contributed by atoms with van der Waals surface area (Å²) in [6, 6.07) is 17.0. The number of hydrogen-bond acceptors (Lipinski definition) is 1. The average molecular weight is 743 g/mol. The van der Waals surface area contributed by atoms with E-state index in [1.54, 1.807) is 0 Å². The van der Waals surface area contributed by atoms with E-state index in [9.17, 15) is 5.11 Å². The first kappa shape index (κ1) is 44.4. The van der Waals surface area contributed by atoms with Crippen molar-refractivity contribution in [3.05, 3.63) is 131 Å². The molecule has 1 heteroatoms. The minimum absolute atomic E-state index is 0.0500. The third kappa shape index (κ3) is 9.80. The molecule has 0 aliphatic rings.